The third-order valence-corrected chi connectivity index (χ3v) is 4.27. The van der Waals surface area contributed by atoms with Crippen molar-refractivity contribution in [3.63, 3.8) is 0 Å². The first-order chi connectivity index (χ1) is 10.9. The number of piperazine rings is 1. The van der Waals surface area contributed by atoms with Crippen molar-refractivity contribution in [3.8, 4) is 5.75 Å². The minimum Gasteiger partial charge on any atom is -0.496 e. The molecule has 1 unspecified atom stereocenters. The van der Waals surface area contributed by atoms with E-state index in [2.05, 4.69) is 4.90 Å². The zero-order valence-electron chi connectivity index (χ0n) is 14.3. The van der Waals surface area contributed by atoms with Crippen LogP contribution in [-0.4, -0.2) is 73.9 Å². The predicted octanol–water partition coefficient (Wildman–Crippen LogP) is 0.989. The highest BCUT2D eigenvalue weighted by atomic mass is 16.5. The topological polar surface area (TPSA) is 53.1 Å². The Hall–Kier alpha value is -2.08. The van der Waals surface area contributed by atoms with Gasteiger partial charge in [-0.05, 0) is 6.07 Å². The average Bonchev–Trinajstić information content (AvgIpc) is 2.54. The molecule has 0 aromatic heterocycles. The van der Waals surface area contributed by atoms with Crippen molar-refractivity contribution in [3.05, 3.63) is 29.8 Å². The maximum absolute atomic E-state index is 12.1. The SMILES string of the molecule is COc1ccccc1C1CN(C(C)=O)CCN1CC(=O)N(C)C. The van der Waals surface area contributed by atoms with E-state index in [-0.39, 0.29) is 17.9 Å². The highest BCUT2D eigenvalue weighted by molar-refractivity contribution is 5.78. The quantitative estimate of drug-likeness (QED) is 0.830. The van der Waals surface area contributed by atoms with E-state index in [0.717, 1.165) is 11.3 Å². The minimum atomic E-state index is -0.0484. The summed E-state index contributed by atoms with van der Waals surface area (Å²) in [5.74, 6) is 0.898. The number of methoxy groups -OCH3 is 1. The van der Waals surface area contributed by atoms with Gasteiger partial charge in [0.15, 0.2) is 0 Å². The van der Waals surface area contributed by atoms with Crippen LogP contribution >= 0.6 is 0 Å². The summed E-state index contributed by atoms with van der Waals surface area (Å²) in [6.07, 6.45) is 0. The molecular weight excluding hydrogens is 294 g/mol. The smallest absolute Gasteiger partial charge is 0.236 e. The lowest BCUT2D eigenvalue weighted by molar-refractivity contribution is -0.134. The lowest BCUT2D eigenvalue weighted by atomic mass is 10.0. The summed E-state index contributed by atoms with van der Waals surface area (Å²) < 4.78 is 5.47. The van der Waals surface area contributed by atoms with Gasteiger partial charge in [-0.3, -0.25) is 14.5 Å². The maximum Gasteiger partial charge on any atom is 0.236 e. The molecule has 1 saturated heterocycles. The van der Waals surface area contributed by atoms with Crippen LogP contribution in [0.5, 0.6) is 5.75 Å². The first-order valence-electron chi connectivity index (χ1n) is 7.76. The van der Waals surface area contributed by atoms with E-state index in [1.807, 2.05) is 29.2 Å². The molecule has 1 aliphatic heterocycles. The van der Waals surface area contributed by atoms with Crippen LogP contribution in [0.15, 0.2) is 24.3 Å². The van der Waals surface area contributed by atoms with Crippen LogP contribution in [0.1, 0.15) is 18.5 Å². The van der Waals surface area contributed by atoms with Crippen molar-refractivity contribution < 1.29 is 14.3 Å². The Balaban J connectivity index is 2.29. The molecule has 0 aliphatic carbocycles. The van der Waals surface area contributed by atoms with Gasteiger partial charge in [0, 0.05) is 46.2 Å². The van der Waals surface area contributed by atoms with Gasteiger partial charge in [0.25, 0.3) is 0 Å². The maximum atomic E-state index is 12.1. The molecule has 0 bridgehead atoms. The Morgan fingerprint density at radius 1 is 1.26 bits per heavy atom. The number of carbonyl (C=O) groups is 2. The van der Waals surface area contributed by atoms with E-state index < -0.39 is 0 Å². The summed E-state index contributed by atoms with van der Waals surface area (Å²) in [5.41, 5.74) is 1.01. The molecule has 1 atom stereocenters. The molecule has 6 nitrogen and oxygen atoms in total. The molecule has 126 valence electrons. The van der Waals surface area contributed by atoms with Crippen LogP contribution < -0.4 is 4.74 Å². The first kappa shape index (κ1) is 17.3. The summed E-state index contributed by atoms with van der Waals surface area (Å²) >= 11 is 0. The van der Waals surface area contributed by atoms with Crippen molar-refractivity contribution in [2.24, 2.45) is 0 Å². The number of carbonyl (C=O) groups excluding carboxylic acids is 2. The van der Waals surface area contributed by atoms with Crippen molar-refractivity contribution in [2.75, 3.05) is 47.4 Å². The number of para-hydroxylation sites is 1. The van der Waals surface area contributed by atoms with Gasteiger partial charge >= 0.3 is 0 Å². The molecule has 0 spiro atoms. The van der Waals surface area contributed by atoms with E-state index in [0.29, 0.717) is 26.2 Å². The van der Waals surface area contributed by atoms with Gasteiger partial charge in [0.05, 0.1) is 19.7 Å². The second kappa shape index (κ2) is 7.46. The second-order valence-electron chi connectivity index (χ2n) is 5.98. The molecule has 6 heteroatoms. The molecule has 1 aromatic rings. The fourth-order valence-corrected chi connectivity index (χ4v) is 2.85. The van der Waals surface area contributed by atoms with E-state index >= 15 is 0 Å². The fourth-order valence-electron chi connectivity index (χ4n) is 2.85. The molecule has 2 rings (SSSR count). The van der Waals surface area contributed by atoms with Crippen molar-refractivity contribution in [2.45, 2.75) is 13.0 Å². The third kappa shape index (κ3) is 4.01. The van der Waals surface area contributed by atoms with Crippen LogP contribution in [0.2, 0.25) is 0 Å². The van der Waals surface area contributed by atoms with E-state index in [4.69, 9.17) is 4.74 Å². The number of rotatable bonds is 4. The van der Waals surface area contributed by atoms with Gasteiger partial charge in [-0.2, -0.15) is 0 Å². The monoisotopic (exact) mass is 319 g/mol. The average molecular weight is 319 g/mol. The van der Waals surface area contributed by atoms with Gasteiger partial charge < -0.3 is 14.5 Å². The van der Waals surface area contributed by atoms with Crippen LogP contribution in [0, 0.1) is 0 Å². The number of ether oxygens (including phenoxy) is 1. The number of hydrogen-bond donors (Lipinski definition) is 0. The van der Waals surface area contributed by atoms with Crippen molar-refractivity contribution in [1.82, 2.24) is 14.7 Å². The number of likely N-dealkylation sites (N-methyl/N-ethyl adjacent to an activating group) is 1. The summed E-state index contributed by atoms with van der Waals surface area (Å²) in [5, 5.41) is 0. The largest absolute Gasteiger partial charge is 0.496 e. The van der Waals surface area contributed by atoms with Gasteiger partial charge in [-0.1, -0.05) is 18.2 Å². The summed E-state index contributed by atoms with van der Waals surface area (Å²) in [6.45, 7) is 3.79. The molecule has 23 heavy (non-hydrogen) atoms. The molecule has 1 aliphatic rings. The van der Waals surface area contributed by atoms with Crippen LogP contribution in [0.3, 0.4) is 0 Å². The zero-order valence-corrected chi connectivity index (χ0v) is 14.3. The normalized spacial score (nSPS) is 18.6. The minimum absolute atomic E-state index is 0.0484. The standard InChI is InChI=1S/C17H25N3O3/c1-13(21)19-9-10-20(12-17(22)18(2)3)15(11-19)14-7-5-6-8-16(14)23-4/h5-8,15H,9-12H2,1-4H3. The zero-order chi connectivity index (χ0) is 17.0. The summed E-state index contributed by atoms with van der Waals surface area (Å²) in [4.78, 5) is 29.4. The molecular formula is C17H25N3O3. The van der Waals surface area contributed by atoms with Gasteiger partial charge in [-0.25, -0.2) is 0 Å². The number of amides is 2. The van der Waals surface area contributed by atoms with Gasteiger partial charge in [-0.15, -0.1) is 0 Å². The third-order valence-electron chi connectivity index (χ3n) is 4.27. The van der Waals surface area contributed by atoms with Crippen molar-refractivity contribution >= 4 is 11.8 Å². The van der Waals surface area contributed by atoms with E-state index in [1.165, 1.54) is 0 Å². The van der Waals surface area contributed by atoms with E-state index in [1.54, 1.807) is 33.0 Å². The second-order valence-corrected chi connectivity index (χ2v) is 5.98. The van der Waals surface area contributed by atoms with Gasteiger partial charge in [0.1, 0.15) is 5.75 Å². The molecule has 0 saturated carbocycles. The number of benzene rings is 1. The fraction of sp³-hybridized carbons (Fsp3) is 0.529. The summed E-state index contributed by atoms with van der Waals surface area (Å²) in [7, 11) is 5.15. The highest BCUT2D eigenvalue weighted by Gasteiger charge is 2.32. The van der Waals surface area contributed by atoms with Crippen LogP contribution in [-0.2, 0) is 9.59 Å². The lowest BCUT2D eigenvalue weighted by Crippen LogP contribution is -2.52. The molecule has 0 radical (unpaired) electrons. The predicted molar refractivity (Wildman–Crippen MR) is 88.3 cm³/mol. The Labute approximate surface area is 137 Å². The Morgan fingerprint density at radius 3 is 2.57 bits per heavy atom. The summed E-state index contributed by atoms with van der Waals surface area (Å²) in [6, 6.07) is 7.74. The molecule has 1 fully saturated rings. The number of nitrogens with zero attached hydrogens (tertiary/aromatic N) is 3. The van der Waals surface area contributed by atoms with Crippen LogP contribution in [0.4, 0.5) is 0 Å². The van der Waals surface area contributed by atoms with Crippen LogP contribution in [0.25, 0.3) is 0 Å². The Morgan fingerprint density at radius 2 is 1.96 bits per heavy atom. The van der Waals surface area contributed by atoms with E-state index in [9.17, 15) is 9.59 Å². The highest BCUT2D eigenvalue weighted by Crippen LogP contribution is 2.32. The van der Waals surface area contributed by atoms with Crippen molar-refractivity contribution in [1.29, 1.82) is 0 Å². The first-order valence-corrected chi connectivity index (χ1v) is 7.76. The molecule has 1 aromatic carbocycles. The molecule has 1 heterocycles. The molecule has 2 amide bonds. The number of hydrogen-bond acceptors (Lipinski definition) is 4. The Kier molecular flexibility index (Phi) is 5.60. The lowest BCUT2D eigenvalue weighted by Gasteiger charge is -2.41. The Bertz CT molecular complexity index is 574. The van der Waals surface area contributed by atoms with Gasteiger partial charge in [0.2, 0.25) is 11.8 Å². The molecule has 0 N–H and O–H groups in total.